The Morgan fingerprint density at radius 2 is 1.06 bits per heavy atom. The molecule has 0 radical (unpaired) electrons. The van der Waals surface area contributed by atoms with Crippen molar-refractivity contribution in [2.45, 2.75) is 38.2 Å². The van der Waals surface area contributed by atoms with Crippen molar-refractivity contribution in [2.24, 2.45) is 0 Å². The summed E-state index contributed by atoms with van der Waals surface area (Å²) in [7, 11) is 0. The fraction of sp³-hybridized carbons (Fsp3) is 0.200. The van der Waals surface area contributed by atoms with E-state index in [0.29, 0.717) is 5.56 Å². The van der Waals surface area contributed by atoms with Crippen LogP contribution in [0, 0.1) is 0 Å². The summed E-state index contributed by atoms with van der Waals surface area (Å²) in [5.41, 5.74) is 4.53. The molecule has 33 heavy (non-hydrogen) atoms. The molecule has 0 fully saturated rings. The molecule has 4 aromatic rings. The van der Waals surface area contributed by atoms with E-state index in [9.17, 15) is 10.4 Å². The molecule has 0 heterocycles. The molecule has 0 amide bonds. The standard InChI is InChI=1S/C30H30O3/c1-29(2,3)26-19-22(21-31)28(33-32)27(20-26)30(23-13-7-4-8-14-23,24-15-9-5-10-16-24)25-17-11-6-12-18-25/h4-20,31-32H,21H2,1-3H3. The van der Waals surface area contributed by atoms with Crippen LogP contribution in [0.1, 0.15) is 54.2 Å². The molecule has 0 spiro atoms. The van der Waals surface area contributed by atoms with Gasteiger partial charge in [0.05, 0.1) is 12.0 Å². The molecular weight excluding hydrogens is 408 g/mol. The average molecular weight is 439 g/mol. The van der Waals surface area contributed by atoms with Crippen LogP contribution in [0.2, 0.25) is 0 Å². The zero-order valence-corrected chi connectivity index (χ0v) is 19.3. The van der Waals surface area contributed by atoms with Gasteiger partial charge in [-0.2, -0.15) is 0 Å². The van der Waals surface area contributed by atoms with Gasteiger partial charge in [0.2, 0.25) is 0 Å². The van der Waals surface area contributed by atoms with Crippen molar-refractivity contribution in [1.29, 1.82) is 0 Å². The van der Waals surface area contributed by atoms with Crippen LogP contribution in [0.4, 0.5) is 0 Å². The third kappa shape index (κ3) is 4.06. The molecule has 3 heteroatoms. The van der Waals surface area contributed by atoms with Gasteiger partial charge in [0.1, 0.15) is 0 Å². The lowest BCUT2D eigenvalue weighted by atomic mass is 9.63. The molecule has 0 saturated carbocycles. The van der Waals surface area contributed by atoms with Crippen molar-refractivity contribution >= 4 is 0 Å². The minimum atomic E-state index is -0.785. The van der Waals surface area contributed by atoms with Crippen molar-refractivity contribution in [3.63, 3.8) is 0 Å². The highest BCUT2D eigenvalue weighted by Gasteiger charge is 2.42. The molecule has 0 aliphatic heterocycles. The molecule has 0 saturated heterocycles. The summed E-state index contributed by atoms with van der Waals surface area (Å²) in [6.45, 7) is 6.17. The Bertz CT molecular complexity index is 1100. The third-order valence-electron chi connectivity index (χ3n) is 6.32. The van der Waals surface area contributed by atoms with E-state index in [1.54, 1.807) is 0 Å². The van der Waals surface area contributed by atoms with E-state index in [2.05, 4.69) is 63.2 Å². The second-order valence-electron chi connectivity index (χ2n) is 9.36. The Hall–Kier alpha value is -3.40. The summed E-state index contributed by atoms with van der Waals surface area (Å²) in [6.07, 6.45) is 0. The summed E-state index contributed by atoms with van der Waals surface area (Å²) in [5, 5.41) is 20.4. The predicted molar refractivity (Wildman–Crippen MR) is 133 cm³/mol. The molecule has 0 aliphatic carbocycles. The van der Waals surface area contributed by atoms with Crippen molar-refractivity contribution in [1.82, 2.24) is 0 Å². The van der Waals surface area contributed by atoms with Crippen molar-refractivity contribution < 1.29 is 15.3 Å². The summed E-state index contributed by atoms with van der Waals surface area (Å²) in [5.74, 6) is 0.280. The largest absolute Gasteiger partial charge is 0.392 e. The van der Waals surface area contributed by atoms with Gasteiger partial charge in [-0.3, -0.25) is 0 Å². The summed E-state index contributed by atoms with van der Waals surface area (Å²) in [4.78, 5) is 5.05. The van der Waals surface area contributed by atoms with Crippen LogP contribution in [0.5, 0.6) is 5.75 Å². The highest BCUT2D eigenvalue weighted by Crippen LogP contribution is 2.50. The van der Waals surface area contributed by atoms with Crippen molar-refractivity contribution in [2.75, 3.05) is 0 Å². The topological polar surface area (TPSA) is 49.7 Å². The summed E-state index contributed by atoms with van der Waals surface area (Å²) in [6, 6.07) is 34.8. The first-order valence-electron chi connectivity index (χ1n) is 11.2. The number of hydrogen-bond donors (Lipinski definition) is 2. The number of aliphatic hydroxyl groups is 1. The maximum absolute atomic E-state index is 10.3. The number of rotatable bonds is 6. The Kier molecular flexibility index (Phi) is 6.37. The molecule has 3 nitrogen and oxygen atoms in total. The summed E-state index contributed by atoms with van der Waals surface area (Å²) < 4.78 is 0. The molecule has 0 atom stereocenters. The molecule has 2 N–H and O–H groups in total. The van der Waals surface area contributed by atoms with Gasteiger partial charge in [0, 0.05) is 11.1 Å². The zero-order chi connectivity index (χ0) is 23.5. The Morgan fingerprint density at radius 3 is 1.39 bits per heavy atom. The zero-order valence-electron chi connectivity index (χ0n) is 19.3. The van der Waals surface area contributed by atoms with Crippen LogP contribution < -0.4 is 4.89 Å². The smallest absolute Gasteiger partial charge is 0.175 e. The van der Waals surface area contributed by atoms with Crippen LogP contribution in [0.25, 0.3) is 0 Å². The van der Waals surface area contributed by atoms with Crippen LogP contribution in [-0.4, -0.2) is 10.4 Å². The van der Waals surface area contributed by atoms with E-state index in [4.69, 9.17) is 4.89 Å². The van der Waals surface area contributed by atoms with E-state index >= 15 is 0 Å². The van der Waals surface area contributed by atoms with E-state index in [0.717, 1.165) is 27.8 Å². The molecule has 0 bridgehead atoms. The molecule has 168 valence electrons. The van der Waals surface area contributed by atoms with Gasteiger partial charge in [-0.15, -0.1) is 0 Å². The highest BCUT2D eigenvalue weighted by atomic mass is 17.1. The predicted octanol–water partition coefficient (Wildman–Crippen LogP) is 6.71. The minimum Gasteiger partial charge on any atom is -0.392 e. The van der Waals surface area contributed by atoms with E-state index in [1.807, 2.05) is 60.7 Å². The van der Waals surface area contributed by atoms with Crippen LogP contribution in [0.15, 0.2) is 103 Å². The number of benzene rings is 4. The SMILES string of the molecule is CC(C)(C)c1cc(CO)c(OO)c(C(c2ccccc2)(c2ccccc2)c2ccccc2)c1. The first-order valence-corrected chi connectivity index (χ1v) is 11.2. The van der Waals surface area contributed by atoms with Gasteiger partial charge >= 0.3 is 0 Å². The Balaban J connectivity index is 2.24. The molecule has 0 unspecified atom stereocenters. The van der Waals surface area contributed by atoms with Gasteiger partial charge in [-0.05, 0) is 39.8 Å². The quantitative estimate of drug-likeness (QED) is 0.200. The average Bonchev–Trinajstić information content (AvgIpc) is 2.85. The van der Waals surface area contributed by atoms with Crippen molar-refractivity contribution in [3.8, 4) is 5.75 Å². The molecule has 4 rings (SSSR count). The van der Waals surface area contributed by atoms with Gasteiger partial charge < -0.3 is 9.99 Å². The normalized spacial score (nSPS) is 11.9. The molecule has 0 aliphatic rings. The first-order chi connectivity index (χ1) is 15.9. The van der Waals surface area contributed by atoms with Crippen LogP contribution in [-0.2, 0) is 17.4 Å². The highest BCUT2D eigenvalue weighted by molar-refractivity contribution is 5.65. The van der Waals surface area contributed by atoms with Crippen LogP contribution in [0.3, 0.4) is 0 Å². The van der Waals surface area contributed by atoms with Gasteiger partial charge in [0.25, 0.3) is 0 Å². The fourth-order valence-corrected chi connectivity index (χ4v) is 4.66. The second kappa shape index (κ2) is 9.22. The van der Waals surface area contributed by atoms with E-state index in [1.165, 1.54) is 0 Å². The van der Waals surface area contributed by atoms with Gasteiger partial charge in [-0.1, -0.05) is 112 Å². The maximum atomic E-state index is 10.3. The van der Waals surface area contributed by atoms with Crippen molar-refractivity contribution in [3.05, 3.63) is 137 Å². The third-order valence-corrected chi connectivity index (χ3v) is 6.32. The lowest BCUT2D eigenvalue weighted by Gasteiger charge is -2.38. The molecule has 4 aromatic carbocycles. The summed E-state index contributed by atoms with van der Waals surface area (Å²) >= 11 is 0. The fourth-order valence-electron chi connectivity index (χ4n) is 4.66. The first kappa shape index (κ1) is 22.8. The number of hydrogen-bond acceptors (Lipinski definition) is 3. The van der Waals surface area contributed by atoms with E-state index < -0.39 is 5.41 Å². The monoisotopic (exact) mass is 438 g/mol. The number of aliphatic hydroxyl groups excluding tert-OH is 1. The maximum Gasteiger partial charge on any atom is 0.175 e. The van der Waals surface area contributed by atoms with Gasteiger partial charge in [0.15, 0.2) is 5.75 Å². The lowest BCUT2D eigenvalue weighted by Crippen LogP contribution is -2.32. The van der Waals surface area contributed by atoms with Gasteiger partial charge in [-0.25, -0.2) is 5.26 Å². The van der Waals surface area contributed by atoms with E-state index in [-0.39, 0.29) is 17.8 Å². The minimum absolute atomic E-state index is 0.178. The lowest BCUT2D eigenvalue weighted by molar-refractivity contribution is -0.139. The molecule has 0 aromatic heterocycles. The van der Waals surface area contributed by atoms with Crippen LogP contribution >= 0.6 is 0 Å². The molecular formula is C30H30O3. The Labute approximate surface area is 195 Å². The Morgan fingerprint density at radius 1 is 0.636 bits per heavy atom. The second-order valence-corrected chi connectivity index (χ2v) is 9.36.